The zero-order valence-electron chi connectivity index (χ0n) is 13.1. The Kier molecular flexibility index (Phi) is 7.20. The van der Waals surface area contributed by atoms with Crippen molar-refractivity contribution >= 4 is 0 Å². The normalized spacial score (nSPS) is 23.8. The van der Waals surface area contributed by atoms with Gasteiger partial charge in [0.2, 0.25) is 0 Å². The van der Waals surface area contributed by atoms with E-state index in [9.17, 15) is 0 Å². The summed E-state index contributed by atoms with van der Waals surface area (Å²) in [5.41, 5.74) is 0. The minimum Gasteiger partial charge on any atom is -0.314 e. The lowest BCUT2D eigenvalue weighted by Gasteiger charge is -2.33. The Morgan fingerprint density at radius 3 is 2.56 bits per heavy atom. The predicted octanol–water partition coefficient (Wildman–Crippen LogP) is 2.04. The van der Waals surface area contributed by atoms with Crippen LogP contribution in [-0.2, 0) is 0 Å². The highest BCUT2D eigenvalue weighted by Crippen LogP contribution is 2.14. The summed E-state index contributed by atoms with van der Waals surface area (Å²) in [6.07, 6.45) is 5.42. The first-order valence-corrected chi connectivity index (χ1v) is 7.58. The van der Waals surface area contributed by atoms with Crippen molar-refractivity contribution in [1.29, 1.82) is 0 Å². The highest BCUT2D eigenvalue weighted by atomic mass is 15.2. The average molecular weight is 255 g/mol. The minimum absolute atomic E-state index is 0.666. The summed E-state index contributed by atoms with van der Waals surface area (Å²) < 4.78 is 0. The molecule has 1 saturated heterocycles. The summed E-state index contributed by atoms with van der Waals surface area (Å²) in [4.78, 5) is 4.88. The van der Waals surface area contributed by atoms with Gasteiger partial charge in [-0.25, -0.2) is 0 Å². The summed E-state index contributed by atoms with van der Waals surface area (Å²) in [7, 11) is 6.66. The summed E-state index contributed by atoms with van der Waals surface area (Å²) in [5, 5.41) is 3.69. The number of hydrogen-bond acceptors (Lipinski definition) is 3. The van der Waals surface area contributed by atoms with Gasteiger partial charge in [0.05, 0.1) is 0 Å². The molecular formula is C15H33N3. The summed E-state index contributed by atoms with van der Waals surface area (Å²) in [6.45, 7) is 8.17. The SMILES string of the molecule is CC(C)CC(CNCC1CCCCN1C)N(C)C. The van der Waals surface area contributed by atoms with Crippen LogP contribution < -0.4 is 5.32 Å². The van der Waals surface area contributed by atoms with Gasteiger partial charge >= 0.3 is 0 Å². The third-order valence-corrected chi connectivity index (χ3v) is 4.16. The van der Waals surface area contributed by atoms with E-state index in [1.54, 1.807) is 0 Å². The van der Waals surface area contributed by atoms with Crippen molar-refractivity contribution in [3.05, 3.63) is 0 Å². The monoisotopic (exact) mass is 255 g/mol. The van der Waals surface area contributed by atoms with Gasteiger partial charge in [0, 0.05) is 25.2 Å². The molecule has 0 saturated carbocycles. The van der Waals surface area contributed by atoms with Crippen LogP contribution in [-0.4, -0.2) is 62.7 Å². The molecule has 3 heteroatoms. The second kappa shape index (κ2) is 8.13. The van der Waals surface area contributed by atoms with Gasteiger partial charge in [-0.1, -0.05) is 20.3 Å². The molecule has 1 aliphatic heterocycles. The largest absolute Gasteiger partial charge is 0.314 e. The maximum atomic E-state index is 3.69. The van der Waals surface area contributed by atoms with Crippen molar-refractivity contribution in [3.8, 4) is 0 Å². The molecule has 0 aromatic heterocycles. The molecule has 0 aromatic rings. The molecule has 1 heterocycles. The van der Waals surface area contributed by atoms with Crippen molar-refractivity contribution in [2.24, 2.45) is 5.92 Å². The molecule has 1 aliphatic rings. The van der Waals surface area contributed by atoms with Crippen molar-refractivity contribution in [3.63, 3.8) is 0 Å². The van der Waals surface area contributed by atoms with E-state index < -0.39 is 0 Å². The molecule has 2 unspecified atom stereocenters. The molecule has 1 rings (SSSR count). The standard InChI is InChI=1S/C15H33N3/c1-13(2)10-15(17(3)4)12-16-11-14-8-6-7-9-18(14)5/h13-16H,6-12H2,1-5H3. The Hall–Kier alpha value is -0.120. The molecule has 0 aliphatic carbocycles. The minimum atomic E-state index is 0.666. The first kappa shape index (κ1) is 15.9. The quantitative estimate of drug-likeness (QED) is 0.751. The first-order valence-electron chi connectivity index (χ1n) is 7.58. The van der Waals surface area contributed by atoms with Crippen LogP contribution in [0, 0.1) is 5.92 Å². The molecule has 0 bridgehead atoms. The van der Waals surface area contributed by atoms with Crippen molar-refractivity contribution < 1.29 is 0 Å². The molecule has 0 spiro atoms. The van der Waals surface area contributed by atoms with E-state index >= 15 is 0 Å². The van der Waals surface area contributed by atoms with Gasteiger partial charge in [0.25, 0.3) is 0 Å². The fourth-order valence-electron chi connectivity index (χ4n) is 2.84. The van der Waals surface area contributed by atoms with E-state index in [0.29, 0.717) is 6.04 Å². The zero-order valence-corrected chi connectivity index (χ0v) is 13.1. The van der Waals surface area contributed by atoms with E-state index in [0.717, 1.165) is 25.0 Å². The summed E-state index contributed by atoms with van der Waals surface area (Å²) >= 11 is 0. The van der Waals surface area contributed by atoms with E-state index in [2.05, 4.69) is 50.1 Å². The Labute approximate surface area is 114 Å². The van der Waals surface area contributed by atoms with Crippen LogP contribution in [0.3, 0.4) is 0 Å². The van der Waals surface area contributed by atoms with Crippen LogP contribution in [0.5, 0.6) is 0 Å². The Morgan fingerprint density at radius 1 is 1.28 bits per heavy atom. The molecule has 2 atom stereocenters. The fraction of sp³-hybridized carbons (Fsp3) is 1.00. The van der Waals surface area contributed by atoms with Crippen molar-refractivity contribution in [2.75, 3.05) is 40.8 Å². The van der Waals surface area contributed by atoms with Gasteiger partial charge in [-0.3, -0.25) is 0 Å². The number of nitrogens with one attached hydrogen (secondary N) is 1. The number of nitrogens with zero attached hydrogens (tertiary/aromatic N) is 2. The van der Waals surface area contributed by atoms with Gasteiger partial charge in [-0.05, 0) is 52.9 Å². The smallest absolute Gasteiger partial charge is 0.0217 e. The zero-order chi connectivity index (χ0) is 13.5. The van der Waals surface area contributed by atoms with Gasteiger partial charge in [0.15, 0.2) is 0 Å². The maximum absolute atomic E-state index is 3.69. The highest BCUT2D eigenvalue weighted by Gasteiger charge is 2.19. The number of likely N-dealkylation sites (tertiary alicyclic amines) is 1. The van der Waals surface area contributed by atoms with Gasteiger partial charge < -0.3 is 15.1 Å². The topological polar surface area (TPSA) is 18.5 Å². The number of piperidine rings is 1. The lowest BCUT2D eigenvalue weighted by molar-refractivity contribution is 0.174. The van der Waals surface area contributed by atoms with Gasteiger partial charge in [-0.2, -0.15) is 0 Å². The third-order valence-electron chi connectivity index (χ3n) is 4.16. The molecule has 1 N–H and O–H groups in total. The van der Waals surface area contributed by atoms with Crippen LogP contribution >= 0.6 is 0 Å². The van der Waals surface area contributed by atoms with E-state index in [-0.39, 0.29) is 0 Å². The van der Waals surface area contributed by atoms with E-state index in [4.69, 9.17) is 0 Å². The number of likely N-dealkylation sites (N-methyl/N-ethyl adjacent to an activating group) is 2. The molecule has 108 valence electrons. The predicted molar refractivity (Wildman–Crippen MR) is 80.1 cm³/mol. The second-order valence-corrected chi connectivity index (χ2v) is 6.54. The van der Waals surface area contributed by atoms with E-state index in [1.807, 2.05) is 0 Å². The van der Waals surface area contributed by atoms with Crippen LogP contribution in [0.1, 0.15) is 39.5 Å². The lowest BCUT2D eigenvalue weighted by atomic mass is 10.0. The molecule has 0 amide bonds. The maximum Gasteiger partial charge on any atom is 0.0217 e. The van der Waals surface area contributed by atoms with Crippen LogP contribution in [0.15, 0.2) is 0 Å². The fourth-order valence-corrected chi connectivity index (χ4v) is 2.84. The molecule has 0 aromatic carbocycles. The Morgan fingerprint density at radius 2 is 2.00 bits per heavy atom. The average Bonchev–Trinajstić information content (AvgIpc) is 2.29. The summed E-state index contributed by atoms with van der Waals surface area (Å²) in [5.74, 6) is 0.775. The lowest BCUT2D eigenvalue weighted by Crippen LogP contribution is -2.46. The Balaban J connectivity index is 2.25. The summed E-state index contributed by atoms with van der Waals surface area (Å²) in [6, 6.07) is 1.42. The highest BCUT2D eigenvalue weighted by molar-refractivity contribution is 4.78. The molecule has 1 fully saturated rings. The molecule has 18 heavy (non-hydrogen) atoms. The second-order valence-electron chi connectivity index (χ2n) is 6.54. The van der Waals surface area contributed by atoms with Crippen LogP contribution in [0.25, 0.3) is 0 Å². The van der Waals surface area contributed by atoms with Gasteiger partial charge in [0.1, 0.15) is 0 Å². The molecule has 0 radical (unpaired) electrons. The number of rotatable bonds is 7. The van der Waals surface area contributed by atoms with Crippen LogP contribution in [0.4, 0.5) is 0 Å². The first-order chi connectivity index (χ1) is 8.50. The van der Waals surface area contributed by atoms with Crippen molar-refractivity contribution in [1.82, 2.24) is 15.1 Å². The van der Waals surface area contributed by atoms with Gasteiger partial charge in [-0.15, -0.1) is 0 Å². The molecule has 3 nitrogen and oxygen atoms in total. The van der Waals surface area contributed by atoms with Crippen molar-refractivity contribution in [2.45, 2.75) is 51.6 Å². The Bertz CT molecular complexity index is 216. The number of hydrogen-bond donors (Lipinski definition) is 1. The van der Waals surface area contributed by atoms with Crippen LogP contribution in [0.2, 0.25) is 0 Å². The molecular weight excluding hydrogens is 222 g/mol. The van der Waals surface area contributed by atoms with E-state index in [1.165, 1.54) is 32.2 Å². The third kappa shape index (κ3) is 5.68.